The van der Waals surface area contributed by atoms with Crippen LogP contribution in [0.15, 0.2) is 35.9 Å². The van der Waals surface area contributed by atoms with E-state index in [1.54, 1.807) is 12.1 Å². The lowest BCUT2D eigenvalue weighted by molar-refractivity contribution is -0.117. The second kappa shape index (κ2) is 7.29. The van der Waals surface area contributed by atoms with E-state index in [4.69, 9.17) is 21.4 Å². The summed E-state index contributed by atoms with van der Waals surface area (Å²) in [7, 11) is 0. The Labute approximate surface area is 129 Å². The van der Waals surface area contributed by atoms with E-state index < -0.39 is 0 Å². The van der Waals surface area contributed by atoms with E-state index in [0.29, 0.717) is 18.1 Å². The minimum absolute atomic E-state index is 0.0525. The molecule has 0 aliphatic carbocycles. The molecule has 1 aliphatic heterocycles. The molecule has 0 bridgehead atoms. The second-order valence-electron chi connectivity index (χ2n) is 4.95. The van der Waals surface area contributed by atoms with Crippen molar-refractivity contribution < 1.29 is 14.6 Å². The fourth-order valence-corrected chi connectivity index (χ4v) is 2.18. The first-order chi connectivity index (χ1) is 10.1. The molecule has 0 radical (unpaired) electrons. The number of hydrogen-bond donors (Lipinski definition) is 2. The second-order valence-corrected chi connectivity index (χ2v) is 5.38. The summed E-state index contributed by atoms with van der Waals surface area (Å²) in [5.74, 6) is 0.603. The summed E-state index contributed by atoms with van der Waals surface area (Å²) in [5.41, 5.74) is 1.80. The van der Waals surface area contributed by atoms with Gasteiger partial charge in [0.1, 0.15) is 12.4 Å². The highest BCUT2D eigenvalue weighted by Crippen LogP contribution is 2.29. The number of aliphatic hydroxyl groups excluding tert-OH is 1. The maximum atomic E-state index is 11.7. The van der Waals surface area contributed by atoms with Crippen LogP contribution in [0, 0.1) is 0 Å². The Balaban J connectivity index is 2.00. The summed E-state index contributed by atoms with van der Waals surface area (Å²) in [4.78, 5) is 11.7. The number of nitrogens with one attached hydrogen (secondary N) is 1. The largest absolute Gasteiger partial charge is 0.488 e. The van der Waals surface area contributed by atoms with Crippen molar-refractivity contribution in [2.24, 2.45) is 0 Å². The van der Waals surface area contributed by atoms with Gasteiger partial charge in [-0.05, 0) is 43.2 Å². The number of carbonyl (C=O) groups is 1. The van der Waals surface area contributed by atoms with Gasteiger partial charge in [0.15, 0.2) is 0 Å². The van der Waals surface area contributed by atoms with E-state index in [2.05, 4.69) is 5.32 Å². The molecule has 21 heavy (non-hydrogen) atoms. The van der Waals surface area contributed by atoms with Crippen molar-refractivity contribution in [1.82, 2.24) is 5.32 Å². The number of carbonyl (C=O) groups excluding carboxylic acids is 1. The fourth-order valence-electron chi connectivity index (χ4n) is 2.00. The normalized spacial score (nSPS) is 15.1. The molecular weight excluding hydrogens is 290 g/mol. The van der Waals surface area contributed by atoms with E-state index in [-0.39, 0.29) is 18.6 Å². The lowest BCUT2D eigenvalue weighted by Gasteiger charge is -2.16. The highest BCUT2D eigenvalue weighted by molar-refractivity contribution is 6.30. The van der Waals surface area contributed by atoms with Crippen LogP contribution in [0.4, 0.5) is 0 Å². The van der Waals surface area contributed by atoms with Crippen LogP contribution in [-0.2, 0) is 4.79 Å². The highest BCUT2D eigenvalue weighted by Gasteiger charge is 2.10. The fraction of sp³-hybridized carbons (Fsp3) is 0.312. The molecule has 1 unspecified atom stereocenters. The van der Waals surface area contributed by atoms with Gasteiger partial charge in [0.2, 0.25) is 5.91 Å². The average molecular weight is 308 g/mol. The van der Waals surface area contributed by atoms with Gasteiger partial charge >= 0.3 is 0 Å². The molecule has 0 saturated carbocycles. The van der Waals surface area contributed by atoms with Gasteiger partial charge < -0.3 is 15.2 Å². The number of halogens is 1. The zero-order valence-electron chi connectivity index (χ0n) is 11.8. The number of aliphatic hydroxyl groups is 1. The van der Waals surface area contributed by atoms with Crippen LogP contribution in [0.3, 0.4) is 0 Å². The van der Waals surface area contributed by atoms with Gasteiger partial charge in [0.25, 0.3) is 0 Å². The molecule has 0 saturated heterocycles. The Kier molecular flexibility index (Phi) is 5.42. The molecule has 2 N–H and O–H groups in total. The molecule has 1 aliphatic rings. The lowest BCUT2D eigenvalue weighted by Crippen LogP contribution is -2.31. The predicted molar refractivity (Wildman–Crippen MR) is 83.4 cm³/mol. The van der Waals surface area contributed by atoms with Crippen molar-refractivity contribution in [3.05, 3.63) is 46.5 Å². The first kappa shape index (κ1) is 15.6. The standard InChI is InChI=1S/C16H18ClNO3/c1-11(6-7-19)18-16(20)5-2-12-8-13-9-14(17)3-4-15(13)21-10-12/h2-5,8-9,11,19H,6-7,10H2,1H3,(H,18,20)/b5-2+. The van der Waals surface area contributed by atoms with E-state index in [9.17, 15) is 4.79 Å². The van der Waals surface area contributed by atoms with Crippen molar-refractivity contribution in [3.63, 3.8) is 0 Å². The van der Waals surface area contributed by atoms with Gasteiger partial charge in [-0.1, -0.05) is 17.7 Å². The molecule has 0 aromatic heterocycles. The van der Waals surface area contributed by atoms with Crippen molar-refractivity contribution >= 4 is 23.6 Å². The summed E-state index contributed by atoms with van der Waals surface area (Å²) < 4.78 is 5.60. The van der Waals surface area contributed by atoms with Gasteiger partial charge in [-0.3, -0.25) is 4.79 Å². The monoisotopic (exact) mass is 307 g/mol. The molecule has 1 atom stereocenters. The third-order valence-electron chi connectivity index (χ3n) is 3.11. The number of rotatable bonds is 5. The Hall–Kier alpha value is -1.78. The molecule has 0 fully saturated rings. The van der Waals surface area contributed by atoms with Crippen LogP contribution < -0.4 is 10.1 Å². The van der Waals surface area contributed by atoms with Gasteiger partial charge in [-0.15, -0.1) is 0 Å². The summed E-state index contributed by atoms with van der Waals surface area (Å²) >= 11 is 5.95. The average Bonchev–Trinajstić information content (AvgIpc) is 2.44. The number of ether oxygens (including phenoxy) is 1. The molecule has 5 heteroatoms. The summed E-state index contributed by atoms with van der Waals surface area (Å²) in [5, 5.41) is 12.2. The van der Waals surface area contributed by atoms with E-state index in [1.165, 1.54) is 6.08 Å². The topological polar surface area (TPSA) is 58.6 Å². The molecular formula is C16H18ClNO3. The van der Waals surface area contributed by atoms with Gasteiger partial charge in [0, 0.05) is 29.3 Å². The number of benzene rings is 1. The summed E-state index contributed by atoms with van der Waals surface area (Å²) in [6, 6.07) is 5.39. The molecule has 1 aromatic carbocycles. The van der Waals surface area contributed by atoms with Crippen LogP contribution in [0.25, 0.3) is 6.08 Å². The van der Waals surface area contributed by atoms with E-state index in [0.717, 1.165) is 16.9 Å². The number of fused-ring (bicyclic) bond motifs is 1. The quantitative estimate of drug-likeness (QED) is 0.822. The maximum Gasteiger partial charge on any atom is 0.244 e. The number of amides is 1. The molecule has 4 nitrogen and oxygen atoms in total. The van der Waals surface area contributed by atoms with Crippen LogP contribution in [0.5, 0.6) is 5.75 Å². The summed E-state index contributed by atoms with van der Waals surface area (Å²) in [6.07, 6.45) is 5.69. The third kappa shape index (κ3) is 4.62. The number of hydrogen-bond acceptors (Lipinski definition) is 3. The van der Waals surface area contributed by atoms with Crippen molar-refractivity contribution in [2.75, 3.05) is 13.2 Å². The van der Waals surface area contributed by atoms with Crippen LogP contribution in [0.1, 0.15) is 18.9 Å². The Morgan fingerprint density at radius 1 is 1.57 bits per heavy atom. The SMILES string of the molecule is CC(CCO)NC(=O)/C=C/C1=Cc2cc(Cl)ccc2OC1. The summed E-state index contributed by atoms with van der Waals surface area (Å²) in [6.45, 7) is 2.33. The minimum Gasteiger partial charge on any atom is -0.488 e. The van der Waals surface area contributed by atoms with Crippen LogP contribution in [-0.4, -0.2) is 30.3 Å². The van der Waals surface area contributed by atoms with E-state index >= 15 is 0 Å². The highest BCUT2D eigenvalue weighted by atomic mass is 35.5. The van der Waals surface area contributed by atoms with Gasteiger partial charge in [-0.25, -0.2) is 0 Å². The molecule has 1 aromatic rings. The van der Waals surface area contributed by atoms with Gasteiger partial charge in [-0.2, -0.15) is 0 Å². The van der Waals surface area contributed by atoms with E-state index in [1.807, 2.05) is 25.1 Å². The van der Waals surface area contributed by atoms with Gasteiger partial charge in [0.05, 0.1) is 0 Å². The van der Waals surface area contributed by atoms with Crippen LogP contribution >= 0.6 is 11.6 Å². The molecule has 0 spiro atoms. The van der Waals surface area contributed by atoms with Crippen molar-refractivity contribution in [1.29, 1.82) is 0 Å². The molecule has 1 heterocycles. The molecule has 2 rings (SSSR count). The van der Waals surface area contributed by atoms with Crippen LogP contribution in [0.2, 0.25) is 5.02 Å². The third-order valence-corrected chi connectivity index (χ3v) is 3.34. The predicted octanol–water partition coefficient (Wildman–Crippen LogP) is 2.56. The first-order valence-corrected chi connectivity index (χ1v) is 7.18. The molecule has 112 valence electrons. The molecule has 1 amide bonds. The first-order valence-electron chi connectivity index (χ1n) is 6.81. The zero-order chi connectivity index (χ0) is 15.2. The Morgan fingerprint density at radius 2 is 2.38 bits per heavy atom. The van der Waals surface area contributed by atoms with Crippen molar-refractivity contribution in [2.45, 2.75) is 19.4 Å². The van der Waals surface area contributed by atoms with Crippen molar-refractivity contribution in [3.8, 4) is 5.75 Å². The minimum atomic E-state index is -0.186. The lowest BCUT2D eigenvalue weighted by atomic mass is 10.1. The zero-order valence-corrected chi connectivity index (χ0v) is 12.6. The Morgan fingerprint density at radius 3 is 3.14 bits per heavy atom. The maximum absolute atomic E-state index is 11.7. The Bertz CT molecular complexity index is 581. The smallest absolute Gasteiger partial charge is 0.244 e.